The normalized spacial score (nSPS) is 12.3. The first-order valence-corrected chi connectivity index (χ1v) is 7.01. The lowest BCUT2D eigenvalue weighted by atomic mass is 10.0. The maximum Gasteiger partial charge on any atom is 0.236 e. The van der Waals surface area contributed by atoms with Gasteiger partial charge in [0.25, 0.3) is 0 Å². The van der Waals surface area contributed by atoms with Gasteiger partial charge in [-0.1, -0.05) is 30.3 Å². The zero-order valence-corrected chi connectivity index (χ0v) is 12.0. The molecule has 4 aromatic rings. The minimum Gasteiger partial charge on any atom is -0.464 e. The van der Waals surface area contributed by atoms with Gasteiger partial charge in [-0.3, -0.25) is 0 Å². The number of hydrogen-bond acceptors (Lipinski definition) is 4. The fraction of sp³-hybridized carbons (Fsp3) is 0.0556. The Morgan fingerprint density at radius 3 is 2.55 bits per heavy atom. The van der Waals surface area contributed by atoms with Crippen molar-refractivity contribution in [3.63, 3.8) is 0 Å². The average Bonchev–Trinajstić information content (AvgIpc) is 2.93. The van der Waals surface area contributed by atoms with Crippen LogP contribution in [0.3, 0.4) is 0 Å². The molecule has 2 heterocycles. The number of nitrogens with zero attached hydrogens (tertiary/aromatic N) is 1. The van der Waals surface area contributed by atoms with Crippen LogP contribution in [0.15, 0.2) is 68.7 Å². The Labute approximate surface area is 126 Å². The van der Waals surface area contributed by atoms with E-state index in [1.165, 1.54) is 0 Å². The number of furan rings is 1. The van der Waals surface area contributed by atoms with Gasteiger partial charge in [0.15, 0.2) is 0 Å². The molecule has 0 aliphatic rings. The van der Waals surface area contributed by atoms with Gasteiger partial charge in [0.05, 0.1) is 6.26 Å². The summed E-state index contributed by atoms with van der Waals surface area (Å²) in [7, 11) is 0. The van der Waals surface area contributed by atoms with Crippen LogP contribution in [-0.4, -0.2) is 0 Å². The molecule has 0 unspecified atom stereocenters. The average molecular weight is 290 g/mol. The third-order valence-corrected chi connectivity index (χ3v) is 3.85. The van der Waals surface area contributed by atoms with Gasteiger partial charge in [-0.2, -0.15) is 0 Å². The summed E-state index contributed by atoms with van der Waals surface area (Å²) in [4.78, 5) is 0. The van der Waals surface area contributed by atoms with Gasteiger partial charge < -0.3 is 14.7 Å². The first kappa shape index (κ1) is 12.7. The van der Waals surface area contributed by atoms with E-state index in [0.717, 1.165) is 33.0 Å². The van der Waals surface area contributed by atoms with E-state index in [9.17, 15) is 0 Å². The highest BCUT2D eigenvalue weighted by molar-refractivity contribution is 6.01. The molecule has 0 radical (unpaired) electrons. The second-order valence-electron chi connectivity index (χ2n) is 5.26. The van der Waals surface area contributed by atoms with Crippen molar-refractivity contribution in [2.45, 2.75) is 6.92 Å². The largest absolute Gasteiger partial charge is 0.464 e. The molecular weight excluding hydrogens is 276 g/mol. The Hall–Kier alpha value is -3.01. The van der Waals surface area contributed by atoms with Crippen LogP contribution in [0.2, 0.25) is 0 Å². The lowest BCUT2D eigenvalue weighted by molar-refractivity contribution is 0.536. The fourth-order valence-corrected chi connectivity index (χ4v) is 2.74. The van der Waals surface area contributed by atoms with Crippen LogP contribution >= 0.6 is 0 Å². The minimum atomic E-state index is 0.383. The van der Waals surface area contributed by atoms with E-state index in [1.807, 2.05) is 37.3 Å². The van der Waals surface area contributed by atoms with E-state index in [0.29, 0.717) is 11.1 Å². The highest BCUT2D eigenvalue weighted by Gasteiger charge is 2.11. The molecule has 0 amide bonds. The number of rotatable bonds is 1. The zero-order chi connectivity index (χ0) is 15.1. The third-order valence-electron chi connectivity index (χ3n) is 3.85. The number of fused-ring (bicyclic) bond motifs is 2. The Balaban J connectivity index is 2.17. The van der Waals surface area contributed by atoms with Gasteiger partial charge in [0, 0.05) is 22.9 Å². The molecule has 0 saturated heterocycles. The lowest BCUT2D eigenvalue weighted by Gasteiger charge is -2.06. The highest BCUT2D eigenvalue weighted by atomic mass is 16.3. The molecule has 0 aliphatic carbocycles. The first-order valence-electron chi connectivity index (χ1n) is 7.01. The molecule has 0 saturated carbocycles. The summed E-state index contributed by atoms with van der Waals surface area (Å²) in [5, 5.41) is 5.79. The Bertz CT molecular complexity index is 1040. The van der Waals surface area contributed by atoms with Gasteiger partial charge in [0.2, 0.25) is 5.55 Å². The summed E-state index contributed by atoms with van der Waals surface area (Å²) in [6, 6.07) is 16.0. The topological polar surface area (TPSA) is 64.7 Å². The molecule has 4 nitrogen and oxygen atoms in total. The number of hydrogen-bond donors (Lipinski definition) is 1. The quantitative estimate of drug-likeness (QED) is 0.426. The van der Waals surface area contributed by atoms with Crippen LogP contribution < -0.4 is 11.4 Å². The van der Waals surface area contributed by atoms with Gasteiger partial charge in [-0.05, 0) is 29.7 Å². The summed E-state index contributed by atoms with van der Waals surface area (Å²) in [5.41, 5.74) is 5.11. The van der Waals surface area contributed by atoms with Gasteiger partial charge in [0.1, 0.15) is 11.2 Å². The van der Waals surface area contributed by atoms with Crippen LogP contribution in [0.4, 0.5) is 0 Å². The van der Waals surface area contributed by atoms with E-state index in [-0.39, 0.29) is 0 Å². The van der Waals surface area contributed by atoms with Gasteiger partial charge >= 0.3 is 0 Å². The SMILES string of the molecule is Cc1coc2cc3o/c(=N/N)cc(-c4ccccc4)c3cc12. The molecular formula is C18H14N2O2. The maximum absolute atomic E-state index is 5.74. The van der Waals surface area contributed by atoms with E-state index < -0.39 is 0 Å². The molecule has 4 heteroatoms. The van der Waals surface area contributed by atoms with Crippen molar-refractivity contribution < 1.29 is 8.83 Å². The van der Waals surface area contributed by atoms with E-state index >= 15 is 0 Å². The molecule has 4 rings (SSSR count). The Kier molecular flexibility index (Phi) is 2.76. The van der Waals surface area contributed by atoms with Crippen molar-refractivity contribution in [3.05, 3.63) is 65.9 Å². The maximum atomic E-state index is 5.74. The Morgan fingerprint density at radius 2 is 1.77 bits per heavy atom. The van der Waals surface area contributed by atoms with Crippen LogP contribution in [-0.2, 0) is 0 Å². The van der Waals surface area contributed by atoms with Crippen LogP contribution in [0, 0.1) is 6.92 Å². The molecule has 0 bridgehead atoms. The van der Waals surface area contributed by atoms with Crippen molar-refractivity contribution in [2.75, 3.05) is 0 Å². The second kappa shape index (κ2) is 4.77. The molecule has 22 heavy (non-hydrogen) atoms. The van der Waals surface area contributed by atoms with Crippen molar-refractivity contribution in [2.24, 2.45) is 10.9 Å². The van der Waals surface area contributed by atoms with Crippen molar-refractivity contribution >= 4 is 21.9 Å². The van der Waals surface area contributed by atoms with E-state index in [1.54, 1.807) is 6.26 Å². The molecule has 2 N–H and O–H groups in total. The van der Waals surface area contributed by atoms with E-state index in [2.05, 4.69) is 23.3 Å². The van der Waals surface area contributed by atoms with Crippen LogP contribution in [0.5, 0.6) is 0 Å². The number of benzene rings is 2. The van der Waals surface area contributed by atoms with Crippen molar-refractivity contribution in [1.29, 1.82) is 0 Å². The van der Waals surface area contributed by atoms with Crippen molar-refractivity contribution in [1.82, 2.24) is 0 Å². The first-order chi connectivity index (χ1) is 10.8. The molecule has 108 valence electrons. The number of nitrogens with two attached hydrogens (primary N) is 1. The second-order valence-corrected chi connectivity index (χ2v) is 5.26. The lowest BCUT2D eigenvalue weighted by Crippen LogP contribution is -2.05. The smallest absolute Gasteiger partial charge is 0.236 e. The summed E-state index contributed by atoms with van der Waals surface area (Å²) in [6.45, 7) is 2.03. The predicted molar refractivity (Wildman–Crippen MR) is 85.9 cm³/mol. The van der Waals surface area contributed by atoms with Crippen LogP contribution in [0.25, 0.3) is 33.1 Å². The molecule has 0 spiro atoms. The summed E-state index contributed by atoms with van der Waals surface area (Å²) < 4.78 is 11.3. The predicted octanol–water partition coefficient (Wildman–Crippen LogP) is 3.93. The monoisotopic (exact) mass is 290 g/mol. The van der Waals surface area contributed by atoms with E-state index in [4.69, 9.17) is 14.7 Å². The molecule has 0 atom stereocenters. The van der Waals surface area contributed by atoms with Gasteiger partial charge in [-0.15, -0.1) is 5.10 Å². The zero-order valence-electron chi connectivity index (χ0n) is 12.0. The summed E-state index contributed by atoms with van der Waals surface area (Å²) >= 11 is 0. The third kappa shape index (κ3) is 1.89. The number of aryl methyl sites for hydroxylation is 1. The standard InChI is InChI=1S/C18H14N2O2/c1-11-10-21-16-9-17-15(7-13(11)16)14(8-18(20-19)22-17)12-5-3-2-4-6-12/h2-10H,19H2,1H3/b20-18+. The highest BCUT2D eigenvalue weighted by Crippen LogP contribution is 2.32. The molecule has 0 aliphatic heterocycles. The Morgan fingerprint density at radius 1 is 0.955 bits per heavy atom. The van der Waals surface area contributed by atoms with Gasteiger partial charge in [-0.25, -0.2) is 0 Å². The molecule has 0 fully saturated rings. The van der Waals surface area contributed by atoms with Crippen molar-refractivity contribution in [3.8, 4) is 11.1 Å². The summed E-state index contributed by atoms with van der Waals surface area (Å²) in [6.07, 6.45) is 1.75. The minimum absolute atomic E-state index is 0.383. The fourth-order valence-electron chi connectivity index (χ4n) is 2.74. The molecule has 2 aromatic heterocycles. The van der Waals surface area contributed by atoms with Crippen LogP contribution in [0.1, 0.15) is 5.56 Å². The summed E-state index contributed by atoms with van der Waals surface area (Å²) in [5.74, 6) is 5.41. The molecule has 2 aromatic carbocycles.